The first-order valence-corrected chi connectivity index (χ1v) is 10.5. The van der Waals surface area contributed by atoms with Crippen LogP contribution in [0.1, 0.15) is 18.4 Å². The van der Waals surface area contributed by atoms with Crippen LogP contribution in [0.25, 0.3) is 0 Å². The van der Waals surface area contributed by atoms with E-state index in [9.17, 15) is 27.1 Å². The second kappa shape index (κ2) is 9.04. The van der Waals surface area contributed by atoms with Gasteiger partial charge in [-0.05, 0) is 49.2 Å². The average molecular weight is 442 g/mol. The minimum atomic E-state index is -4.17. The summed E-state index contributed by atoms with van der Waals surface area (Å²) in [6, 6.07) is 7.33. The lowest BCUT2D eigenvalue weighted by atomic mass is 10.0. The molecule has 162 valence electrons. The summed E-state index contributed by atoms with van der Waals surface area (Å²) in [4.78, 5) is 11.7. The first kappa shape index (κ1) is 22.1. The highest BCUT2D eigenvalue weighted by molar-refractivity contribution is 7.89. The number of nitrogens with one attached hydrogen (secondary N) is 1. The Morgan fingerprint density at radius 1 is 1.13 bits per heavy atom. The fraction of sp³-hybridized carbons (Fsp3) is 0.316. The van der Waals surface area contributed by atoms with Gasteiger partial charge in [0.15, 0.2) is 0 Å². The quantitative estimate of drug-likeness (QED) is 0.462. The van der Waals surface area contributed by atoms with E-state index in [0.29, 0.717) is 0 Å². The van der Waals surface area contributed by atoms with Crippen LogP contribution in [0.5, 0.6) is 5.75 Å². The molecule has 0 aliphatic carbocycles. The molecule has 3 N–H and O–H groups in total. The predicted octanol–water partition coefficient (Wildman–Crippen LogP) is 1.56. The Kier molecular flexibility index (Phi) is 6.66. The number of aliphatic hydroxyl groups is 1. The molecular formula is C19H20F2N2O6S. The summed E-state index contributed by atoms with van der Waals surface area (Å²) in [6.45, 7) is -0.688. The number of carbonyl (C=O) groups is 1. The Hall–Kier alpha value is -2.60. The fourth-order valence-electron chi connectivity index (χ4n) is 3.19. The van der Waals surface area contributed by atoms with Crippen molar-refractivity contribution >= 4 is 15.9 Å². The summed E-state index contributed by atoms with van der Waals surface area (Å²) in [5.74, 6) is -2.23. The number of carbonyl (C=O) groups excluding carboxylic acids is 1. The number of β-amino-alcohol motifs (C(OH)–C–C–N with tert-alkyl or cyclic N) is 1. The summed E-state index contributed by atoms with van der Waals surface area (Å²) in [6.07, 6.45) is -0.688. The van der Waals surface area contributed by atoms with Crippen LogP contribution >= 0.6 is 0 Å². The van der Waals surface area contributed by atoms with E-state index in [1.54, 1.807) is 0 Å². The SMILES string of the molecule is O=C(NO)[C@H]1CC[C@@H](O)CN1S(=O)(=O)c1ccc(OCc2c(F)cccc2F)cc1. The summed E-state index contributed by atoms with van der Waals surface area (Å²) in [7, 11) is -4.17. The van der Waals surface area contributed by atoms with E-state index in [2.05, 4.69) is 0 Å². The highest BCUT2D eigenvalue weighted by atomic mass is 32.2. The summed E-state index contributed by atoms with van der Waals surface area (Å²) in [5.41, 5.74) is 1.19. The van der Waals surface area contributed by atoms with Crippen molar-refractivity contribution < 1.29 is 37.0 Å². The maximum atomic E-state index is 13.7. The van der Waals surface area contributed by atoms with E-state index in [1.807, 2.05) is 0 Å². The number of hydrogen-bond acceptors (Lipinski definition) is 6. The largest absolute Gasteiger partial charge is 0.489 e. The first-order chi connectivity index (χ1) is 14.2. The fourth-order valence-corrected chi connectivity index (χ4v) is 4.85. The molecule has 0 bridgehead atoms. The van der Waals surface area contributed by atoms with Gasteiger partial charge in [0.2, 0.25) is 10.0 Å². The molecule has 3 rings (SSSR count). The number of halogens is 2. The maximum Gasteiger partial charge on any atom is 0.261 e. The molecule has 8 nitrogen and oxygen atoms in total. The lowest BCUT2D eigenvalue weighted by Gasteiger charge is -2.35. The number of hydrogen-bond donors (Lipinski definition) is 3. The molecule has 1 saturated heterocycles. The zero-order valence-corrected chi connectivity index (χ0v) is 16.5. The van der Waals surface area contributed by atoms with Gasteiger partial charge in [-0.1, -0.05) is 6.07 Å². The molecule has 2 aromatic carbocycles. The first-order valence-electron chi connectivity index (χ1n) is 9.03. The van der Waals surface area contributed by atoms with Crippen LogP contribution in [0, 0.1) is 11.6 Å². The van der Waals surface area contributed by atoms with Gasteiger partial charge in [-0.25, -0.2) is 22.7 Å². The topological polar surface area (TPSA) is 116 Å². The third-order valence-electron chi connectivity index (χ3n) is 4.80. The monoisotopic (exact) mass is 442 g/mol. The lowest BCUT2D eigenvalue weighted by molar-refractivity contribution is -0.135. The number of sulfonamides is 1. The molecule has 1 heterocycles. The van der Waals surface area contributed by atoms with E-state index in [0.717, 1.165) is 16.4 Å². The lowest BCUT2D eigenvalue weighted by Crippen LogP contribution is -2.54. The number of aliphatic hydroxyl groups excluding tert-OH is 1. The van der Waals surface area contributed by atoms with Gasteiger partial charge in [-0.15, -0.1) is 0 Å². The summed E-state index contributed by atoms with van der Waals surface area (Å²) >= 11 is 0. The van der Waals surface area contributed by atoms with Crippen LogP contribution in [-0.2, 0) is 21.4 Å². The van der Waals surface area contributed by atoms with E-state index < -0.39 is 39.7 Å². The second-order valence-electron chi connectivity index (χ2n) is 6.76. The third kappa shape index (κ3) is 4.59. The smallest absolute Gasteiger partial charge is 0.261 e. The number of rotatable bonds is 6. The Labute approximate surface area is 171 Å². The van der Waals surface area contributed by atoms with Crippen molar-refractivity contribution in [1.82, 2.24) is 9.79 Å². The van der Waals surface area contributed by atoms with Gasteiger partial charge in [0, 0.05) is 6.54 Å². The molecule has 30 heavy (non-hydrogen) atoms. The molecule has 0 saturated carbocycles. The molecule has 0 aromatic heterocycles. The molecule has 0 radical (unpaired) electrons. The molecule has 11 heteroatoms. The van der Waals surface area contributed by atoms with Gasteiger partial charge in [-0.2, -0.15) is 4.31 Å². The van der Waals surface area contributed by atoms with Gasteiger partial charge in [0.25, 0.3) is 5.91 Å². The molecule has 1 amide bonds. The van der Waals surface area contributed by atoms with Gasteiger partial charge < -0.3 is 9.84 Å². The minimum Gasteiger partial charge on any atom is -0.489 e. The highest BCUT2D eigenvalue weighted by Gasteiger charge is 2.40. The third-order valence-corrected chi connectivity index (χ3v) is 6.69. The number of benzene rings is 2. The summed E-state index contributed by atoms with van der Waals surface area (Å²) < 4.78 is 59.4. The van der Waals surface area contributed by atoms with Crippen molar-refractivity contribution in [2.24, 2.45) is 0 Å². The van der Waals surface area contributed by atoms with E-state index in [1.165, 1.54) is 35.8 Å². The zero-order valence-electron chi connectivity index (χ0n) is 15.7. The Morgan fingerprint density at radius 3 is 2.37 bits per heavy atom. The Balaban J connectivity index is 1.77. The van der Waals surface area contributed by atoms with Crippen molar-refractivity contribution in [3.05, 3.63) is 59.7 Å². The van der Waals surface area contributed by atoms with Crippen LogP contribution in [0.3, 0.4) is 0 Å². The van der Waals surface area contributed by atoms with Crippen LogP contribution in [-0.4, -0.2) is 47.6 Å². The van der Waals surface area contributed by atoms with Crippen molar-refractivity contribution in [3.63, 3.8) is 0 Å². The van der Waals surface area contributed by atoms with Crippen LogP contribution in [0.15, 0.2) is 47.4 Å². The van der Waals surface area contributed by atoms with Gasteiger partial charge in [0.05, 0.1) is 16.6 Å². The van der Waals surface area contributed by atoms with E-state index in [-0.39, 0.29) is 42.2 Å². The number of hydroxylamine groups is 1. The predicted molar refractivity (Wildman–Crippen MR) is 100.0 cm³/mol. The normalized spacial score (nSPS) is 20.0. The number of amides is 1. The van der Waals surface area contributed by atoms with E-state index >= 15 is 0 Å². The van der Waals surface area contributed by atoms with Crippen molar-refractivity contribution in [1.29, 1.82) is 0 Å². The van der Waals surface area contributed by atoms with E-state index in [4.69, 9.17) is 9.94 Å². The molecule has 2 atom stereocenters. The number of piperidine rings is 1. The molecule has 2 aromatic rings. The van der Waals surface area contributed by atoms with Crippen molar-refractivity contribution in [3.8, 4) is 5.75 Å². The molecule has 0 spiro atoms. The zero-order chi connectivity index (χ0) is 21.9. The average Bonchev–Trinajstić information content (AvgIpc) is 2.73. The molecule has 1 fully saturated rings. The van der Waals surface area contributed by atoms with Crippen LogP contribution in [0.4, 0.5) is 8.78 Å². The van der Waals surface area contributed by atoms with Crippen molar-refractivity contribution in [2.45, 2.75) is 36.5 Å². The second-order valence-corrected chi connectivity index (χ2v) is 8.65. The van der Waals surface area contributed by atoms with Gasteiger partial charge in [0.1, 0.15) is 30.0 Å². The Morgan fingerprint density at radius 2 is 1.77 bits per heavy atom. The van der Waals surface area contributed by atoms with Crippen LogP contribution < -0.4 is 10.2 Å². The highest BCUT2D eigenvalue weighted by Crippen LogP contribution is 2.27. The van der Waals surface area contributed by atoms with Gasteiger partial charge in [-0.3, -0.25) is 10.0 Å². The van der Waals surface area contributed by atoms with Crippen LogP contribution in [0.2, 0.25) is 0 Å². The Bertz CT molecular complexity index is 996. The molecular weight excluding hydrogens is 422 g/mol. The molecule has 1 aliphatic heterocycles. The molecule has 0 unspecified atom stereocenters. The standard InChI is InChI=1S/C19H20F2N2O6S/c20-16-2-1-3-17(21)15(16)11-29-13-5-7-14(8-6-13)30(27,28)23-10-12(24)4-9-18(23)19(25)22-26/h1-3,5-8,12,18,24,26H,4,9-11H2,(H,22,25)/t12-,18-/m1/s1. The number of ether oxygens (including phenoxy) is 1. The van der Waals surface area contributed by atoms with Gasteiger partial charge >= 0.3 is 0 Å². The molecule has 1 aliphatic rings. The minimum absolute atomic E-state index is 0.0438. The van der Waals surface area contributed by atoms with Crippen molar-refractivity contribution in [2.75, 3.05) is 6.54 Å². The summed E-state index contributed by atoms with van der Waals surface area (Å²) in [5, 5.41) is 18.7. The maximum absolute atomic E-state index is 13.7. The number of nitrogens with zero attached hydrogens (tertiary/aromatic N) is 1.